The molecule has 0 saturated heterocycles. The lowest BCUT2D eigenvalue weighted by Crippen LogP contribution is -2.33. The van der Waals surface area contributed by atoms with Crippen LogP contribution in [-0.2, 0) is 11.3 Å². The van der Waals surface area contributed by atoms with Crippen molar-refractivity contribution < 1.29 is 9.13 Å². The van der Waals surface area contributed by atoms with Crippen molar-refractivity contribution in [3.63, 3.8) is 0 Å². The molecule has 1 aromatic carbocycles. The summed E-state index contributed by atoms with van der Waals surface area (Å²) in [5, 5.41) is 3.29. The average Bonchev–Trinajstić information content (AvgIpc) is 2.34. The predicted molar refractivity (Wildman–Crippen MR) is 67.2 cm³/mol. The Labute approximate surface area is 102 Å². The number of hydrogen-bond donors (Lipinski definition) is 2. The summed E-state index contributed by atoms with van der Waals surface area (Å²) in [7, 11) is 1.67. The van der Waals surface area contributed by atoms with Gasteiger partial charge >= 0.3 is 0 Å². The Hall–Kier alpha value is -0.970. The maximum Gasteiger partial charge on any atom is 0.127 e. The van der Waals surface area contributed by atoms with Gasteiger partial charge in [-0.1, -0.05) is 18.2 Å². The van der Waals surface area contributed by atoms with Crippen molar-refractivity contribution in [3.8, 4) is 0 Å². The number of nitrogens with two attached hydrogens (primary N) is 1. The molecule has 0 aliphatic rings. The second-order valence-electron chi connectivity index (χ2n) is 4.06. The lowest BCUT2D eigenvalue weighted by molar-refractivity contribution is 0.161. The topological polar surface area (TPSA) is 47.3 Å². The van der Waals surface area contributed by atoms with Gasteiger partial charge in [0.25, 0.3) is 0 Å². The maximum atomic E-state index is 13.4. The molecule has 1 atom stereocenters. The lowest BCUT2D eigenvalue weighted by Gasteiger charge is -2.17. The Balaban J connectivity index is 2.42. The molecule has 0 aliphatic heterocycles. The Morgan fingerprint density at radius 2 is 2.18 bits per heavy atom. The summed E-state index contributed by atoms with van der Waals surface area (Å²) in [4.78, 5) is 0. The van der Waals surface area contributed by atoms with Crippen LogP contribution < -0.4 is 11.1 Å². The molecule has 1 unspecified atom stereocenters. The van der Waals surface area contributed by atoms with E-state index in [1.165, 1.54) is 6.07 Å². The zero-order chi connectivity index (χ0) is 12.5. The van der Waals surface area contributed by atoms with E-state index in [1.807, 2.05) is 6.07 Å². The lowest BCUT2D eigenvalue weighted by atomic mass is 10.1. The summed E-state index contributed by atoms with van der Waals surface area (Å²) in [6.07, 6.45) is 1.89. The molecule has 17 heavy (non-hydrogen) atoms. The number of rotatable bonds is 8. The summed E-state index contributed by atoms with van der Waals surface area (Å²) in [5.41, 5.74) is 6.16. The van der Waals surface area contributed by atoms with E-state index >= 15 is 0 Å². The van der Waals surface area contributed by atoms with Gasteiger partial charge in [0.15, 0.2) is 0 Å². The second kappa shape index (κ2) is 8.17. The van der Waals surface area contributed by atoms with Gasteiger partial charge in [-0.05, 0) is 25.5 Å². The normalized spacial score (nSPS) is 12.6. The third kappa shape index (κ3) is 5.26. The second-order valence-corrected chi connectivity index (χ2v) is 4.06. The van der Waals surface area contributed by atoms with Crippen LogP contribution in [0.5, 0.6) is 0 Å². The number of nitrogens with one attached hydrogen (secondary N) is 1. The average molecular weight is 240 g/mol. The van der Waals surface area contributed by atoms with E-state index in [1.54, 1.807) is 19.2 Å². The molecule has 0 amide bonds. The number of methoxy groups -OCH3 is 1. The highest BCUT2D eigenvalue weighted by Crippen LogP contribution is 2.07. The standard InChI is InChI=1S/C13H21FN2O/c1-17-10-12(6-4-8-15)16-9-11-5-2-3-7-13(11)14/h2-3,5,7,12,16H,4,6,8-10,15H2,1H3. The van der Waals surface area contributed by atoms with E-state index < -0.39 is 0 Å². The van der Waals surface area contributed by atoms with Gasteiger partial charge < -0.3 is 15.8 Å². The van der Waals surface area contributed by atoms with Gasteiger partial charge in [0.1, 0.15) is 5.82 Å². The van der Waals surface area contributed by atoms with Gasteiger partial charge in [0, 0.05) is 25.3 Å². The minimum atomic E-state index is -0.171. The number of ether oxygens (including phenoxy) is 1. The molecule has 0 saturated carbocycles. The molecular formula is C13H21FN2O. The van der Waals surface area contributed by atoms with Crippen LogP contribution in [0.1, 0.15) is 18.4 Å². The first-order chi connectivity index (χ1) is 8.27. The highest BCUT2D eigenvalue weighted by atomic mass is 19.1. The van der Waals surface area contributed by atoms with Crippen molar-refractivity contribution in [3.05, 3.63) is 35.6 Å². The maximum absolute atomic E-state index is 13.4. The smallest absolute Gasteiger partial charge is 0.127 e. The molecule has 0 heterocycles. The van der Waals surface area contributed by atoms with Crippen molar-refractivity contribution in [1.82, 2.24) is 5.32 Å². The van der Waals surface area contributed by atoms with Crippen molar-refractivity contribution >= 4 is 0 Å². The zero-order valence-corrected chi connectivity index (χ0v) is 10.3. The van der Waals surface area contributed by atoms with Gasteiger partial charge in [-0.3, -0.25) is 0 Å². The molecule has 0 fully saturated rings. The van der Waals surface area contributed by atoms with Gasteiger partial charge in [0.2, 0.25) is 0 Å². The van der Waals surface area contributed by atoms with E-state index in [9.17, 15) is 4.39 Å². The van der Waals surface area contributed by atoms with Crippen LogP contribution in [0.4, 0.5) is 4.39 Å². The fourth-order valence-electron chi connectivity index (χ4n) is 1.71. The molecule has 0 aromatic heterocycles. The first-order valence-electron chi connectivity index (χ1n) is 5.93. The Kier molecular flexibility index (Phi) is 6.77. The molecule has 1 rings (SSSR count). The molecule has 0 aliphatic carbocycles. The number of hydrogen-bond acceptors (Lipinski definition) is 3. The first kappa shape index (κ1) is 14.1. The van der Waals surface area contributed by atoms with Gasteiger partial charge in [-0.25, -0.2) is 4.39 Å². The van der Waals surface area contributed by atoms with E-state index in [0.29, 0.717) is 25.3 Å². The molecule has 3 nitrogen and oxygen atoms in total. The number of benzene rings is 1. The Morgan fingerprint density at radius 1 is 1.41 bits per heavy atom. The van der Waals surface area contributed by atoms with E-state index in [2.05, 4.69) is 5.32 Å². The minimum absolute atomic E-state index is 0.171. The first-order valence-corrected chi connectivity index (χ1v) is 5.93. The van der Waals surface area contributed by atoms with Crippen LogP contribution in [-0.4, -0.2) is 26.3 Å². The molecular weight excluding hydrogens is 219 g/mol. The summed E-state index contributed by atoms with van der Waals surface area (Å²) in [6.45, 7) is 1.81. The summed E-state index contributed by atoms with van der Waals surface area (Å²) < 4.78 is 18.5. The van der Waals surface area contributed by atoms with E-state index in [4.69, 9.17) is 10.5 Å². The van der Waals surface area contributed by atoms with Crippen molar-refractivity contribution in [1.29, 1.82) is 0 Å². The fraction of sp³-hybridized carbons (Fsp3) is 0.538. The monoisotopic (exact) mass is 240 g/mol. The molecule has 0 bridgehead atoms. The van der Waals surface area contributed by atoms with Crippen LogP contribution in [0.3, 0.4) is 0 Å². The van der Waals surface area contributed by atoms with Gasteiger partial charge in [-0.2, -0.15) is 0 Å². The molecule has 0 spiro atoms. The SMILES string of the molecule is COCC(CCCN)NCc1ccccc1F. The van der Waals surface area contributed by atoms with Crippen molar-refractivity contribution in [2.45, 2.75) is 25.4 Å². The zero-order valence-electron chi connectivity index (χ0n) is 10.3. The summed E-state index contributed by atoms with van der Waals surface area (Å²) in [5.74, 6) is -0.171. The van der Waals surface area contributed by atoms with Gasteiger partial charge in [0.05, 0.1) is 6.61 Å². The van der Waals surface area contributed by atoms with E-state index in [-0.39, 0.29) is 11.9 Å². The molecule has 1 aromatic rings. The van der Waals surface area contributed by atoms with Crippen LogP contribution in [0.2, 0.25) is 0 Å². The minimum Gasteiger partial charge on any atom is -0.383 e. The fourth-order valence-corrected chi connectivity index (χ4v) is 1.71. The molecule has 3 N–H and O–H groups in total. The van der Waals surface area contributed by atoms with Crippen LogP contribution in [0.25, 0.3) is 0 Å². The third-order valence-corrected chi connectivity index (χ3v) is 2.66. The van der Waals surface area contributed by atoms with Gasteiger partial charge in [-0.15, -0.1) is 0 Å². The highest BCUT2D eigenvalue weighted by molar-refractivity contribution is 5.16. The summed E-state index contributed by atoms with van der Waals surface area (Å²) >= 11 is 0. The summed E-state index contributed by atoms with van der Waals surface area (Å²) in [6, 6.07) is 7.02. The Bertz CT molecular complexity index is 320. The largest absolute Gasteiger partial charge is 0.383 e. The Morgan fingerprint density at radius 3 is 2.82 bits per heavy atom. The molecule has 4 heteroatoms. The van der Waals surface area contributed by atoms with Crippen LogP contribution in [0, 0.1) is 5.82 Å². The highest BCUT2D eigenvalue weighted by Gasteiger charge is 2.08. The van der Waals surface area contributed by atoms with Crippen LogP contribution in [0.15, 0.2) is 24.3 Å². The quantitative estimate of drug-likeness (QED) is 0.726. The number of halogens is 1. The molecule has 96 valence electrons. The van der Waals surface area contributed by atoms with Crippen LogP contribution >= 0.6 is 0 Å². The van der Waals surface area contributed by atoms with E-state index in [0.717, 1.165) is 12.8 Å². The van der Waals surface area contributed by atoms with Crippen molar-refractivity contribution in [2.75, 3.05) is 20.3 Å². The third-order valence-electron chi connectivity index (χ3n) is 2.66. The van der Waals surface area contributed by atoms with Crippen molar-refractivity contribution in [2.24, 2.45) is 5.73 Å². The predicted octanol–water partition coefficient (Wildman–Crippen LogP) is 1.67. The molecule has 0 radical (unpaired) electrons.